The van der Waals surface area contributed by atoms with E-state index in [1.807, 2.05) is 18.2 Å². The van der Waals surface area contributed by atoms with Crippen molar-refractivity contribution in [2.75, 3.05) is 6.61 Å². The SMILES string of the molecule is CCCCc1ccc2cc(-c3cc4oc5cc(OCC)c(F)c(F)c5c4c(F)c3F)ccc2c1. The largest absolute Gasteiger partial charge is 0.491 e. The zero-order chi connectivity index (χ0) is 24.0. The molecule has 0 saturated heterocycles. The van der Waals surface area contributed by atoms with E-state index in [2.05, 4.69) is 13.0 Å². The number of aryl methyl sites for hydroxylation is 1. The lowest BCUT2D eigenvalue weighted by atomic mass is 9.97. The van der Waals surface area contributed by atoms with Crippen LogP contribution in [0.3, 0.4) is 0 Å². The molecule has 0 unspecified atom stereocenters. The molecule has 0 aliphatic heterocycles. The number of rotatable bonds is 6. The van der Waals surface area contributed by atoms with Gasteiger partial charge in [0.15, 0.2) is 23.2 Å². The molecule has 0 bridgehead atoms. The van der Waals surface area contributed by atoms with E-state index in [0.717, 1.165) is 36.1 Å². The first-order chi connectivity index (χ1) is 16.4. The Balaban J connectivity index is 1.67. The Hall–Kier alpha value is -3.54. The van der Waals surface area contributed by atoms with E-state index in [0.29, 0.717) is 5.56 Å². The summed E-state index contributed by atoms with van der Waals surface area (Å²) in [6.07, 6.45) is 3.19. The summed E-state index contributed by atoms with van der Waals surface area (Å²) in [5.41, 5.74) is 1.46. The predicted molar refractivity (Wildman–Crippen MR) is 126 cm³/mol. The normalized spacial score (nSPS) is 11.7. The Labute approximate surface area is 193 Å². The van der Waals surface area contributed by atoms with Crippen LogP contribution in [0.4, 0.5) is 17.6 Å². The number of hydrogen-bond acceptors (Lipinski definition) is 2. The highest BCUT2D eigenvalue weighted by molar-refractivity contribution is 6.07. The van der Waals surface area contributed by atoms with Gasteiger partial charge >= 0.3 is 0 Å². The summed E-state index contributed by atoms with van der Waals surface area (Å²) < 4.78 is 70.3. The van der Waals surface area contributed by atoms with E-state index in [1.165, 1.54) is 11.6 Å². The van der Waals surface area contributed by atoms with Crippen molar-refractivity contribution in [1.29, 1.82) is 0 Å². The Morgan fingerprint density at radius 1 is 0.735 bits per heavy atom. The second kappa shape index (κ2) is 8.67. The smallest absolute Gasteiger partial charge is 0.201 e. The van der Waals surface area contributed by atoms with Gasteiger partial charge in [-0.1, -0.05) is 43.7 Å². The number of ether oxygens (including phenoxy) is 1. The number of unbranched alkanes of at least 4 members (excludes halogenated alkanes) is 1. The highest BCUT2D eigenvalue weighted by Crippen LogP contribution is 2.40. The van der Waals surface area contributed by atoms with Crippen molar-refractivity contribution in [1.82, 2.24) is 0 Å². The molecule has 34 heavy (non-hydrogen) atoms. The molecule has 0 radical (unpaired) electrons. The van der Waals surface area contributed by atoms with Crippen molar-refractivity contribution in [2.45, 2.75) is 33.1 Å². The molecule has 1 aromatic heterocycles. The third-order valence-corrected chi connectivity index (χ3v) is 6.11. The molecule has 0 fully saturated rings. The highest BCUT2D eigenvalue weighted by atomic mass is 19.2. The van der Waals surface area contributed by atoms with Crippen molar-refractivity contribution in [2.24, 2.45) is 0 Å². The molecule has 5 aromatic rings. The Morgan fingerprint density at radius 2 is 1.41 bits per heavy atom. The minimum atomic E-state index is -1.34. The number of benzene rings is 4. The molecule has 0 spiro atoms. The Bertz CT molecular complexity index is 1550. The average molecular weight is 466 g/mol. The van der Waals surface area contributed by atoms with E-state index >= 15 is 8.78 Å². The fourth-order valence-electron chi connectivity index (χ4n) is 4.40. The van der Waals surface area contributed by atoms with Crippen LogP contribution in [0, 0.1) is 23.3 Å². The molecule has 1 heterocycles. The fraction of sp³-hybridized carbons (Fsp3) is 0.214. The highest BCUT2D eigenvalue weighted by Gasteiger charge is 2.25. The van der Waals surface area contributed by atoms with E-state index < -0.39 is 34.0 Å². The molecule has 0 aliphatic rings. The van der Waals surface area contributed by atoms with Crippen LogP contribution < -0.4 is 4.74 Å². The predicted octanol–water partition coefficient (Wildman–Crippen LogP) is 8.70. The molecule has 6 heteroatoms. The minimum absolute atomic E-state index is 0.0214. The van der Waals surface area contributed by atoms with Crippen LogP contribution >= 0.6 is 0 Å². The molecule has 0 N–H and O–H groups in total. The second-order valence-corrected chi connectivity index (χ2v) is 8.34. The summed E-state index contributed by atoms with van der Waals surface area (Å²) in [4.78, 5) is 0. The molecule has 0 amide bonds. The number of fused-ring (bicyclic) bond motifs is 4. The van der Waals surface area contributed by atoms with Crippen LogP contribution in [0.25, 0.3) is 43.8 Å². The lowest BCUT2D eigenvalue weighted by Crippen LogP contribution is -1.97. The Morgan fingerprint density at radius 3 is 2.15 bits per heavy atom. The summed E-state index contributed by atoms with van der Waals surface area (Å²) in [6.45, 7) is 3.87. The van der Waals surface area contributed by atoms with Gasteiger partial charge in [0.1, 0.15) is 11.2 Å². The topological polar surface area (TPSA) is 22.4 Å². The lowest BCUT2D eigenvalue weighted by Gasteiger charge is -2.09. The van der Waals surface area contributed by atoms with Gasteiger partial charge in [-0.2, -0.15) is 4.39 Å². The van der Waals surface area contributed by atoms with Gasteiger partial charge in [-0.05, 0) is 53.8 Å². The third kappa shape index (κ3) is 3.58. The molecular formula is C28H22F4O2. The van der Waals surface area contributed by atoms with Crippen LogP contribution in [-0.4, -0.2) is 6.61 Å². The molecular weight excluding hydrogens is 444 g/mol. The molecule has 0 saturated carbocycles. The summed E-state index contributed by atoms with van der Waals surface area (Å²) >= 11 is 0. The maximum Gasteiger partial charge on any atom is 0.201 e. The van der Waals surface area contributed by atoms with Crippen LogP contribution in [0.2, 0.25) is 0 Å². The van der Waals surface area contributed by atoms with Crippen LogP contribution in [-0.2, 0) is 6.42 Å². The second-order valence-electron chi connectivity index (χ2n) is 8.34. The Kier molecular flexibility index (Phi) is 5.68. The van der Waals surface area contributed by atoms with Gasteiger partial charge in [-0.15, -0.1) is 0 Å². The third-order valence-electron chi connectivity index (χ3n) is 6.11. The zero-order valence-electron chi connectivity index (χ0n) is 18.8. The molecule has 4 aromatic carbocycles. The maximum atomic E-state index is 15.2. The molecule has 174 valence electrons. The molecule has 0 atom stereocenters. The summed E-state index contributed by atoms with van der Waals surface area (Å²) in [5.74, 6) is -5.39. The fourth-order valence-corrected chi connectivity index (χ4v) is 4.40. The molecule has 0 aliphatic carbocycles. The van der Waals surface area contributed by atoms with E-state index in [-0.39, 0.29) is 29.1 Å². The van der Waals surface area contributed by atoms with Gasteiger partial charge in [-0.25, -0.2) is 13.2 Å². The van der Waals surface area contributed by atoms with E-state index in [9.17, 15) is 8.78 Å². The standard InChI is InChI=1S/C28H22F4O2/c1-3-5-6-15-7-8-17-12-18(10-9-16(17)11-15)19-13-20-23(27(31)25(19)29)24-21(34-20)14-22(33-4-2)26(30)28(24)32/h7-14H,3-6H2,1-2H3. The van der Waals surface area contributed by atoms with Crippen molar-refractivity contribution in [3.8, 4) is 16.9 Å². The van der Waals surface area contributed by atoms with Gasteiger partial charge in [0, 0.05) is 11.6 Å². The quantitative estimate of drug-likeness (QED) is 0.234. The van der Waals surface area contributed by atoms with Gasteiger partial charge in [0.05, 0.1) is 17.4 Å². The first-order valence-corrected chi connectivity index (χ1v) is 11.3. The van der Waals surface area contributed by atoms with Crippen molar-refractivity contribution in [3.05, 3.63) is 77.4 Å². The van der Waals surface area contributed by atoms with Crippen molar-refractivity contribution >= 4 is 32.7 Å². The van der Waals surface area contributed by atoms with Gasteiger partial charge < -0.3 is 9.15 Å². The first kappa shape index (κ1) is 22.3. The van der Waals surface area contributed by atoms with Crippen LogP contribution in [0.5, 0.6) is 5.75 Å². The number of hydrogen-bond donors (Lipinski definition) is 0. The van der Waals surface area contributed by atoms with Crippen molar-refractivity contribution in [3.63, 3.8) is 0 Å². The minimum Gasteiger partial charge on any atom is -0.491 e. The number of halogens is 4. The summed E-state index contributed by atoms with van der Waals surface area (Å²) in [6, 6.07) is 13.9. The summed E-state index contributed by atoms with van der Waals surface area (Å²) in [5, 5.41) is 1.01. The monoisotopic (exact) mass is 466 g/mol. The molecule has 2 nitrogen and oxygen atoms in total. The van der Waals surface area contributed by atoms with Crippen LogP contribution in [0.1, 0.15) is 32.3 Å². The maximum absolute atomic E-state index is 15.2. The van der Waals surface area contributed by atoms with Gasteiger partial charge in [0.25, 0.3) is 0 Å². The van der Waals surface area contributed by atoms with E-state index in [4.69, 9.17) is 9.15 Å². The van der Waals surface area contributed by atoms with E-state index in [1.54, 1.807) is 19.1 Å². The van der Waals surface area contributed by atoms with Crippen LogP contribution in [0.15, 0.2) is 52.9 Å². The lowest BCUT2D eigenvalue weighted by molar-refractivity contribution is 0.315. The van der Waals surface area contributed by atoms with Gasteiger partial charge in [-0.3, -0.25) is 0 Å². The zero-order valence-corrected chi connectivity index (χ0v) is 18.8. The number of furan rings is 1. The summed E-state index contributed by atoms with van der Waals surface area (Å²) in [7, 11) is 0. The van der Waals surface area contributed by atoms with Gasteiger partial charge in [0.2, 0.25) is 5.82 Å². The first-order valence-electron chi connectivity index (χ1n) is 11.3. The molecule has 5 rings (SSSR count). The van der Waals surface area contributed by atoms with Crippen molar-refractivity contribution < 1.29 is 26.7 Å². The average Bonchev–Trinajstić information content (AvgIpc) is 3.21.